The maximum Gasteiger partial charge on any atom is 0.172 e. The molecule has 1 fully saturated rings. The molecule has 0 radical (unpaired) electrons. The zero-order valence-corrected chi connectivity index (χ0v) is 13.7. The van der Waals surface area contributed by atoms with Crippen molar-refractivity contribution >= 4 is 27.7 Å². The average molecular weight is 346 g/mol. The maximum absolute atomic E-state index is 9.79. The highest BCUT2D eigenvalue weighted by Gasteiger charge is 2.25. The summed E-state index contributed by atoms with van der Waals surface area (Å²) in [5.74, 6) is 0.674. The molecule has 5 heteroatoms. The lowest BCUT2D eigenvalue weighted by Gasteiger charge is -2.19. The van der Waals surface area contributed by atoms with Gasteiger partial charge < -0.3 is 15.2 Å². The highest BCUT2D eigenvalue weighted by atomic mass is 79.9. The van der Waals surface area contributed by atoms with Crippen molar-refractivity contribution in [2.75, 3.05) is 13.4 Å². The van der Waals surface area contributed by atoms with Crippen LogP contribution in [0.4, 0.5) is 0 Å². The summed E-state index contributed by atoms with van der Waals surface area (Å²) in [4.78, 5) is 0. The normalized spacial score (nSPS) is 22.7. The van der Waals surface area contributed by atoms with E-state index in [2.05, 4.69) is 27.5 Å². The summed E-state index contributed by atoms with van der Waals surface area (Å²) in [5, 5.41) is 14.1. The Morgan fingerprint density at radius 2 is 2.26 bits per heavy atom. The monoisotopic (exact) mass is 345 g/mol. The molecular weight excluding hydrogens is 326 g/mol. The molecule has 1 aliphatic rings. The second kappa shape index (κ2) is 6.86. The number of halogens is 1. The third-order valence-electron chi connectivity index (χ3n) is 3.63. The van der Waals surface area contributed by atoms with Gasteiger partial charge in [-0.2, -0.15) is 11.8 Å². The van der Waals surface area contributed by atoms with Gasteiger partial charge in [0.25, 0.3) is 0 Å². The van der Waals surface area contributed by atoms with Crippen molar-refractivity contribution < 1.29 is 9.84 Å². The fourth-order valence-corrected chi connectivity index (χ4v) is 4.03. The highest BCUT2D eigenvalue weighted by molar-refractivity contribution is 9.10. The number of thioether (sulfide) groups is 1. The summed E-state index contributed by atoms with van der Waals surface area (Å²) < 4.78 is 5.85. The Kier molecular flexibility index (Phi) is 5.42. The number of phenols is 1. The van der Waals surface area contributed by atoms with Gasteiger partial charge in [0.1, 0.15) is 0 Å². The van der Waals surface area contributed by atoms with Crippen LogP contribution in [0.25, 0.3) is 0 Å². The van der Waals surface area contributed by atoms with Gasteiger partial charge in [-0.05, 0) is 52.7 Å². The first-order chi connectivity index (χ1) is 9.15. The predicted octanol–water partition coefficient (Wildman–Crippen LogP) is 3.54. The van der Waals surface area contributed by atoms with Crippen LogP contribution in [-0.2, 0) is 6.54 Å². The number of hydrogen-bond donors (Lipinski definition) is 2. The van der Waals surface area contributed by atoms with Crippen LogP contribution in [0.5, 0.6) is 11.5 Å². The van der Waals surface area contributed by atoms with E-state index in [4.69, 9.17) is 4.74 Å². The van der Waals surface area contributed by atoms with Crippen LogP contribution < -0.4 is 10.1 Å². The van der Waals surface area contributed by atoms with Crippen LogP contribution in [-0.4, -0.2) is 29.8 Å². The molecule has 0 saturated heterocycles. The minimum Gasteiger partial charge on any atom is -0.503 e. The maximum atomic E-state index is 9.79. The molecule has 0 spiro atoms. The molecule has 2 unspecified atom stereocenters. The van der Waals surface area contributed by atoms with Crippen molar-refractivity contribution in [3.8, 4) is 11.5 Å². The van der Waals surface area contributed by atoms with Crippen molar-refractivity contribution in [1.82, 2.24) is 5.32 Å². The van der Waals surface area contributed by atoms with E-state index in [0.717, 1.165) is 17.4 Å². The Balaban J connectivity index is 2.01. The second-order valence-electron chi connectivity index (χ2n) is 4.82. The zero-order chi connectivity index (χ0) is 13.8. The lowest BCUT2D eigenvalue weighted by atomic mass is 10.1. The third kappa shape index (κ3) is 3.58. The van der Waals surface area contributed by atoms with E-state index >= 15 is 0 Å². The summed E-state index contributed by atoms with van der Waals surface area (Å²) in [5.41, 5.74) is 1.12. The molecule has 0 aromatic heterocycles. The quantitative estimate of drug-likeness (QED) is 0.856. The number of hydrogen-bond acceptors (Lipinski definition) is 4. The van der Waals surface area contributed by atoms with Crippen LogP contribution in [0.1, 0.15) is 24.8 Å². The number of phenolic OH excluding ortho intramolecular Hbond substituents is 1. The summed E-state index contributed by atoms with van der Waals surface area (Å²) in [6.07, 6.45) is 6.06. The van der Waals surface area contributed by atoms with Gasteiger partial charge in [0.05, 0.1) is 11.6 Å². The van der Waals surface area contributed by atoms with E-state index in [1.54, 1.807) is 7.11 Å². The summed E-state index contributed by atoms with van der Waals surface area (Å²) >= 11 is 5.31. The predicted molar refractivity (Wildman–Crippen MR) is 84.1 cm³/mol. The van der Waals surface area contributed by atoms with E-state index < -0.39 is 0 Å². The smallest absolute Gasteiger partial charge is 0.172 e. The van der Waals surface area contributed by atoms with Crippen molar-refractivity contribution in [3.05, 3.63) is 22.2 Å². The van der Waals surface area contributed by atoms with Gasteiger partial charge in [-0.1, -0.05) is 6.42 Å². The summed E-state index contributed by atoms with van der Waals surface area (Å²) in [7, 11) is 1.57. The molecule has 3 nitrogen and oxygen atoms in total. The van der Waals surface area contributed by atoms with Crippen LogP contribution in [0.3, 0.4) is 0 Å². The van der Waals surface area contributed by atoms with Crippen LogP contribution in [0.2, 0.25) is 0 Å². The largest absolute Gasteiger partial charge is 0.503 e. The topological polar surface area (TPSA) is 41.5 Å². The molecule has 2 atom stereocenters. The molecule has 1 aromatic rings. The van der Waals surface area contributed by atoms with E-state index in [1.165, 1.54) is 19.3 Å². The van der Waals surface area contributed by atoms with Gasteiger partial charge in [-0.15, -0.1) is 0 Å². The minimum absolute atomic E-state index is 0.161. The third-order valence-corrected chi connectivity index (χ3v) is 5.41. The number of rotatable bonds is 5. The summed E-state index contributed by atoms with van der Waals surface area (Å²) in [6.45, 7) is 0.803. The van der Waals surface area contributed by atoms with Crippen molar-refractivity contribution in [2.24, 2.45) is 0 Å². The van der Waals surface area contributed by atoms with Crippen LogP contribution in [0.15, 0.2) is 16.6 Å². The van der Waals surface area contributed by atoms with Crippen LogP contribution in [0, 0.1) is 0 Å². The Morgan fingerprint density at radius 3 is 2.95 bits per heavy atom. The highest BCUT2D eigenvalue weighted by Crippen LogP contribution is 2.35. The molecule has 106 valence electrons. The number of methoxy groups -OCH3 is 1. The lowest BCUT2D eigenvalue weighted by molar-refractivity contribution is 0.371. The van der Waals surface area contributed by atoms with Gasteiger partial charge in [0.15, 0.2) is 11.5 Å². The standard InChI is InChI=1S/C14H20BrNO2S/c1-18-12-7-9(6-10(15)14(12)17)8-16-11-4-3-5-13(11)19-2/h6-7,11,13,16-17H,3-5,8H2,1-2H3. The fraction of sp³-hybridized carbons (Fsp3) is 0.571. The molecule has 1 aromatic carbocycles. The van der Waals surface area contributed by atoms with Crippen molar-refractivity contribution in [3.63, 3.8) is 0 Å². The van der Waals surface area contributed by atoms with Gasteiger partial charge in [0.2, 0.25) is 0 Å². The molecule has 0 amide bonds. The van der Waals surface area contributed by atoms with Crippen molar-refractivity contribution in [2.45, 2.75) is 37.1 Å². The lowest BCUT2D eigenvalue weighted by Crippen LogP contribution is -2.33. The first-order valence-corrected chi connectivity index (χ1v) is 8.55. The molecule has 0 bridgehead atoms. The van der Waals surface area contributed by atoms with E-state index in [0.29, 0.717) is 16.3 Å². The zero-order valence-electron chi connectivity index (χ0n) is 11.3. The number of benzene rings is 1. The minimum atomic E-state index is 0.161. The first-order valence-electron chi connectivity index (χ1n) is 6.47. The Morgan fingerprint density at radius 1 is 1.47 bits per heavy atom. The van der Waals surface area contributed by atoms with E-state index in [1.807, 2.05) is 23.9 Å². The van der Waals surface area contributed by atoms with Crippen molar-refractivity contribution in [1.29, 1.82) is 0 Å². The average Bonchev–Trinajstić information content (AvgIpc) is 2.87. The molecule has 1 saturated carbocycles. The number of aromatic hydroxyl groups is 1. The summed E-state index contributed by atoms with van der Waals surface area (Å²) in [6, 6.07) is 4.41. The van der Waals surface area contributed by atoms with Gasteiger partial charge in [-0.25, -0.2) is 0 Å². The number of nitrogens with one attached hydrogen (secondary N) is 1. The van der Waals surface area contributed by atoms with Gasteiger partial charge in [-0.3, -0.25) is 0 Å². The molecule has 2 N–H and O–H groups in total. The number of ether oxygens (including phenoxy) is 1. The molecular formula is C14H20BrNO2S. The second-order valence-corrected chi connectivity index (χ2v) is 6.75. The Bertz CT molecular complexity index is 442. The SMILES string of the molecule is COc1cc(CNC2CCCC2SC)cc(Br)c1O. The molecule has 2 rings (SSSR count). The van der Waals surface area contributed by atoms with Gasteiger partial charge in [0, 0.05) is 17.8 Å². The molecule has 19 heavy (non-hydrogen) atoms. The Labute approximate surface area is 127 Å². The molecule has 0 heterocycles. The van der Waals surface area contributed by atoms with Crippen LogP contribution >= 0.6 is 27.7 Å². The molecule has 0 aliphatic heterocycles. The van der Waals surface area contributed by atoms with E-state index in [9.17, 15) is 5.11 Å². The fourth-order valence-electron chi connectivity index (χ4n) is 2.58. The molecule has 1 aliphatic carbocycles. The van der Waals surface area contributed by atoms with E-state index in [-0.39, 0.29) is 5.75 Å². The first kappa shape index (κ1) is 15.0. The Hall–Kier alpha value is -0.390. The van der Waals surface area contributed by atoms with Gasteiger partial charge >= 0.3 is 0 Å².